The summed E-state index contributed by atoms with van der Waals surface area (Å²) in [5.74, 6) is 0.140. The van der Waals surface area contributed by atoms with E-state index in [0.29, 0.717) is 25.9 Å². The van der Waals surface area contributed by atoms with Gasteiger partial charge in [0.15, 0.2) is 0 Å². The van der Waals surface area contributed by atoms with Crippen molar-refractivity contribution < 1.29 is 5.11 Å². The molecule has 0 aliphatic heterocycles. The lowest BCUT2D eigenvalue weighted by atomic mass is 10.2. The standard InChI is InChI=1S/C12H22N4O3/c1-3-7-16-10(13)9(11(18)15-12(16)19)14-6-5-8(17)4-2/h8,14,17H,3-7,13H2,1-2H3,(H,15,18,19). The predicted octanol–water partition coefficient (Wildman–Crippen LogP) is 0.102. The van der Waals surface area contributed by atoms with Crippen molar-refractivity contribution >= 4 is 11.5 Å². The number of hydrogen-bond donors (Lipinski definition) is 4. The molecule has 0 radical (unpaired) electrons. The van der Waals surface area contributed by atoms with Gasteiger partial charge in [-0.3, -0.25) is 14.3 Å². The molecular formula is C12H22N4O3. The van der Waals surface area contributed by atoms with Crippen LogP contribution in [0.4, 0.5) is 11.5 Å². The molecule has 1 atom stereocenters. The van der Waals surface area contributed by atoms with E-state index in [-0.39, 0.29) is 11.5 Å². The minimum atomic E-state index is -0.527. The number of hydrogen-bond acceptors (Lipinski definition) is 5. The maximum Gasteiger partial charge on any atom is 0.330 e. The van der Waals surface area contributed by atoms with Crippen LogP contribution in [-0.4, -0.2) is 27.3 Å². The van der Waals surface area contributed by atoms with Crippen LogP contribution in [0, 0.1) is 0 Å². The molecule has 0 saturated carbocycles. The van der Waals surface area contributed by atoms with Crippen LogP contribution < -0.4 is 22.3 Å². The third-order valence-electron chi connectivity index (χ3n) is 2.94. The van der Waals surface area contributed by atoms with Gasteiger partial charge in [-0.1, -0.05) is 13.8 Å². The number of H-pyrrole nitrogens is 1. The second kappa shape index (κ2) is 6.98. The van der Waals surface area contributed by atoms with Gasteiger partial charge >= 0.3 is 5.69 Å². The first kappa shape index (κ1) is 15.3. The van der Waals surface area contributed by atoms with Crippen LogP contribution in [0.1, 0.15) is 33.1 Å². The first-order valence-corrected chi connectivity index (χ1v) is 6.55. The number of aromatic nitrogens is 2. The average molecular weight is 270 g/mol. The van der Waals surface area contributed by atoms with E-state index in [0.717, 1.165) is 6.42 Å². The van der Waals surface area contributed by atoms with Gasteiger partial charge in [0.2, 0.25) is 0 Å². The zero-order chi connectivity index (χ0) is 14.4. The summed E-state index contributed by atoms with van der Waals surface area (Å²) in [6.45, 7) is 4.68. The van der Waals surface area contributed by atoms with Crippen molar-refractivity contribution in [3.05, 3.63) is 20.8 Å². The number of anilines is 2. The summed E-state index contributed by atoms with van der Waals surface area (Å²) >= 11 is 0. The smallest absolute Gasteiger partial charge is 0.330 e. The summed E-state index contributed by atoms with van der Waals surface area (Å²) < 4.78 is 1.33. The Kier molecular flexibility index (Phi) is 5.62. The van der Waals surface area contributed by atoms with E-state index in [4.69, 9.17) is 5.73 Å². The average Bonchev–Trinajstić information content (AvgIpc) is 2.38. The minimum Gasteiger partial charge on any atom is -0.393 e. The van der Waals surface area contributed by atoms with Crippen LogP contribution >= 0.6 is 0 Å². The third-order valence-corrected chi connectivity index (χ3v) is 2.94. The lowest BCUT2D eigenvalue weighted by molar-refractivity contribution is 0.164. The monoisotopic (exact) mass is 270 g/mol. The fourth-order valence-corrected chi connectivity index (χ4v) is 1.77. The molecule has 108 valence electrons. The Morgan fingerprint density at radius 3 is 2.68 bits per heavy atom. The lowest BCUT2D eigenvalue weighted by Crippen LogP contribution is -2.34. The van der Waals surface area contributed by atoms with Gasteiger partial charge in [0.05, 0.1) is 6.10 Å². The van der Waals surface area contributed by atoms with Gasteiger partial charge in [-0.05, 0) is 19.3 Å². The van der Waals surface area contributed by atoms with E-state index >= 15 is 0 Å². The number of nitrogens with one attached hydrogen (secondary N) is 2. The summed E-state index contributed by atoms with van der Waals surface area (Å²) in [5, 5.41) is 12.3. The largest absolute Gasteiger partial charge is 0.393 e. The number of nitrogens with two attached hydrogens (primary N) is 1. The number of nitrogens with zero attached hydrogens (tertiary/aromatic N) is 1. The van der Waals surface area contributed by atoms with Crippen LogP contribution in [0.3, 0.4) is 0 Å². The molecule has 0 aliphatic rings. The van der Waals surface area contributed by atoms with Crippen molar-refractivity contribution in [2.45, 2.75) is 45.8 Å². The third kappa shape index (κ3) is 3.85. The second-order valence-electron chi connectivity index (χ2n) is 4.45. The fraction of sp³-hybridized carbons (Fsp3) is 0.667. The first-order valence-electron chi connectivity index (χ1n) is 6.55. The number of nitrogen functional groups attached to an aromatic ring is 1. The molecule has 0 aromatic carbocycles. The molecule has 7 heteroatoms. The minimum absolute atomic E-state index is 0.140. The highest BCUT2D eigenvalue weighted by molar-refractivity contribution is 5.60. The van der Waals surface area contributed by atoms with Crippen LogP contribution in [0.2, 0.25) is 0 Å². The molecule has 1 heterocycles. The first-order chi connectivity index (χ1) is 9.01. The molecule has 1 aromatic heterocycles. The van der Waals surface area contributed by atoms with Gasteiger partial charge in [-0.2, -0.15) is 0 Å². The Bertz CT molecular complexity index is 521. The van der Waals surface area contributed by atoms with Gasteiger partial charge in [-0.15, -0.1) is 0 Å². The topological polar surface area (TPSA) is 113 Å². The van der Waals surface area contributed by atoms with E-state index in [1.54, 1.807) is 0 Å². The number of rotatable bonds is 7. The Balaban J connectivity index is 2.91. The number of aliphatic hydroxyl groups is 1. The summed E-state index contributed by atoms with van der Waals surface area (Å²) in [7, 11) is 0. The van der Waals surface area contributed by atoms with Crippen LogP contribution in [-0.2, 0) is 6.54 Å². The molecule has 5 N–H and O–H groups in total. The highest BCUT2D eigenvalue weighted by atomic mass is 16.3. The lowest BCUT2D eigenvalue weighted by Gasteiger charge is -2.14. The van der Waals surface area contributed by atoms with Crippen LogP contribution in [0.5, 0.6) is 0 Å². The van der Waals surface area contributed by atoms with Crippen molar-refractivity contribution in [1.82, 2.24) is 9.55 Å². The molecule has 19 heavy (non-hydrogen) atoms. The van der Waals surface area contributed by atoms with Crippen molar-refractivity contribution in [3.63, 3.8) is 0 Å². The molecule has 1 unspecified atom stereocenters. The van der Waals surface area contributed by atoms with Gasteiger partial charge < -0.3 is 16.2 Å². The van der Waals surface area contributed by atoms with Gasteiger partial charge in [0, 0.05) is 13.1 Å². The second-order valence-corrected chi connectivity index (χ2v) is 4.45. The molecular weight excluding hydrogens is 248 g/mol. The van der Waals surface area contributed by atoms with E-state index in [2.05, 4.69) is 10.3 Å². The zero-order valence-electron chi connectivity index (χ0n) is 11.4. The molecule has 0 aliphatic carbocycles. The highest BCUT2D eigenvalue weighted by Crippen LogP contribution is 2.10. The number of aromatic amines is 1. The highest BCUT2D eigenvalue weighted by Gasteiger charge is 2.11. The van der Waals surface area contributed by atoms with Crippen molar-refractivity contribution in [2.75, 3.05) is 17.6 Å². The van der Waals surface area contributed by atoms with E-state index in [9.17, 15) is 14.7 Å². The molecule has 1 aromatic rings. The normalized spacial score (nSPS) is 12.4. The predicted molar refractivity (Wildman–Crippen MR) is 75.4 cm³/mol. The maximum absolute atomic E-state index is 11.7. The van der Waals surface area contributed by atoms with Crippen molar-refractivity contribution in [1.29, 1.82) is 0 Å². The molecule has 0 spiro atoms. The van der Waals surface area contributed by atoms with E-state index < -0.39 is 17.4 Å². The number of aliphatic hydroxyl groups excluding tert-OH is 1. The van der Waals surface area contributed by atoms with E-state index in [1.165, 1.54) is 4.57 Å². The molecule has 0 fully saturated rings. The molecule has 7 nitrogen and oxygen atoms in total. The fourth-order valence-electron chi connectivity index (χ4n) is 1.77. The van der Waals surface area contributed by atoms with Crippen LogP contribution in [0.25, 0.3) is 0 Å². The zero-order valence-corrected chi connectivity index (χ0v) is 11.4. The summed E-state index contributed by atoms with van der Waals surface area (Å²) in [4.78, 5) is 25.5. The van der Waals surface area contributed by atoms with Crippen molar-refractivity contribution in [3.8, 4) is 0 Å². The molecule has 0 amide bonds. The maximum atomic E-state index is 11.7. The summed E-state index contributed by atoms with van der Waals surface area (Å²) in [6.07, 6.45) is 1.50. The van der Waals surface area contributed by atoms with Gasteiger partial charge in [0.1, 0.15) is 11.5 Å². The van der Waals surface area contributed by atoms with Crippen molar-refractivity contribution in [2.24, 2.45) is 0 Å². The Hall–Kier alpha value is -1.76. The molecule has 1 rings (SSSR count). The van der Waals surface area contributed by atoms with Crippen LogP contribution in [0.15, 0.2) is 9.59 Å². The Morgan fingerprint density at radius 2 is 2.11 bits per heavy atom. The molecule has 0 saturated heterocycles. The SMILES string of the molecule is CCCn1c(N)c(NCCC(O)CC)c(=O)[nH]c1=O. The Morgan fingerprint density at radius 1 is 1.42 bits per heavy atom. The summed E-state index contributed by atoms with van der Waals surface area (Å²) in [6, 6.07) is 0. The molecule has 0 bridgehead atoms. The van der Waals surface area contributed by atoms with E-state index in [1.807, 2.05) is 13.8 Å². The quantitative estimate of drug-likeness (QED) is 0.561. The Labute approximate surface area is 111 Å². The van der Waals surface area contributed by atoms with Gasteiger partial charge in [0.25, 0.3) is 5.56 Å². The van der Waals surface area contributed by atoms with Gasteiger partial charge in [-0.25, -0.2) is 4.79 Å². The summed E-state index contributed by atoms with van der Waals surface area (Å²) in [5.41, 5.74) is 5.01.